The number of piperidine rings is 1. The number of halogens is 3. The number of anilines is 2. The minimum Gasteiger partial charge on any atom is -0.356 e. The molecule has 1 fully saturated rings. The summed E-state index contributed by atoms with van der Waals surface area (Å²) in [5, 5.41) is 3.15. The van der Waals surface area contributed by atoms with E-state index in [-0.39, 0.29) is 11.4 Å². The van der Waals surface area contributed by atoms with Gasteiger partial charge in [0.05, 0.1) is 11.3 Å². The molecule has 0 aliphatic carbocycles. The molecule has 1 amide bonds. The van der Waals surface area contributed by atoms with Crippen LogP contribution in [0.4, 0.5) is 24.7 Å². The van der Waals surface area contributed by atoms with Crippen LogP contribution in [-0.4, -0.2) is 34.7 Å². The zero-order valence-corrected chi connectivity index (χ0v) is 15.3. The number of carbonyl (C=O) groups is 1. The van der Waals surface area contributed by atoms with E-state index in [2.05, 4.69) is 20.2 Å². The van der Waals surface area contributed by atoms with Crippen LogP contribution in [0.1, 0.15) is 24.8 Å². The Bertz CT molecular complexity index is 794. The maximum Gasteiger partial charge on any atom is 0.416 e. The van der Waals surface area contributed by atoms with Crippen LogP contribution in [0.2, 0.25) is 0 Å². The van der Waals surface area contributed by atoms with E-state index in [1.165, 1.54) is 36.6 Å². The molecule has 0 spiro atoms. The molecule has 1 aromatic carbocycles. The second-order valence-electron chi connectivity index (χ2n) is 6.18. The molecule has 0 unspecified atom stereocenters. The van der Waals surface area contributed by atoms with Crippen LogP contribution in [0.5, 0.6) is 0 Å². The van der Waals surface area contributed by atoms with Crippen molar-refractivity contribution in [1.82, 2.24) is 9.97 Å². The smallest absolute Gasteiger partial charge is 0.356 e. The van der Waals surface area contributed by atoms with Crippen molar-refractivity contribution in [3.8, 4) is 0 Å². The first kappa shape index (κ1) is 19.5. The number of thioether (sulfide) groups is 1. The van der Waals surface area contributed by atoms with E-state index in [4.69, 9.17) is 0 Å². The van der Waals surface area contributed by atoms with Crippen LogP contribution < -0.4 is 10.2 Å². The molecule has 3 rings (SSSR count). The standard InChI is InChI=1S/C18H19F3N4OS/c19-18(20,21)13-5-4-6-14(9-13)24-16(26)11-27-17-10-15(22-12-23-17)25-7-2-1-3-8-25/h4-6,9-10,12H,1-3,7-8,11H2,(H,24,26). The molecular weight excluding hydrogens is 377 g/mol. The Kier molecular flexibility index (Phi) is 6.20. The molecule has 27 heavy (non-hydrogen) atoms. The number of rotatable bonds is 5. The molecule has 1 saturated heterocycles. The number of hydrogen-bond acceptors (Lipinski definition) is 5. The summed E-state index contributed by atoms with van der Waals surface area (Å²) >= 11 is 1.22. The number of alkyl halides is 3. The molecule has 0 radical (unpaired) electrons. The number of benzene rings is 1. The molecule has 2 aromatic rings. The van der Waals surface area contributed by atoms with Gasteiger partial charge < -0.3 is 10.2 Å². The maximum atomic E-state index is 12.7. The first-order valence-electron chi connectivity index (χ1n) is 8.59. The first-order valence-corrected chi connectivity index (χ1v) is 9.57. The van der Waals surface area contributed by atoms with Gasteiger partial charge in [-0.05, 0) is 37.5 Å². The lowest BCUT2D eigenvalue weighted by Crippen LogP contribution is -2.30. The highest BCUT2D eigenvalue weighted by atomic mass is 32.2. The van der Waals surface area contributed by atoms with Crippen molar-refractivity contribution in [1.29, 1.82) is 0 Å². The summed E-state index contributed by atoms with van der Waals surface area (Å²) in [7, 11) is 0. The monoisotopic (exact) mass is 396 g/mol. The molecule has 0 bridgehead atoms. The topological polar surface area (TPSA) is 58.1 Å². The molecule has 1 aliphatic rings. The van der Waals surface area contributed by atoms with Crippen molar-refractivity contribution in [3.63, 3.8) is 0 Å². The number of hydrogen-bond donors (Lipinski definition) is 1. The normalized spacial score (nSPS) is 14.9. The van der Waals surface area contributed by atoms with Gasteiger partial charge in [0.25, 0.3) is 0 Å². The van der Waals surface area contributed by atoms with E-state index in [0.29, 0.717) is 5.03 Å². The highest BCUT2D eigenvalue weighted by Gasteiger charge is 2.30. The summed E-state index contributed by atoms with van der Waals surface area (Å²) < 4.78 is 38.2. The summed E-state index contributed by atoms with van der Waals surface area (Å²) in [6, 6.07) is 6.42. The molecule has 1 N–H and O–H groups in total. The zero-order valence-electron chi connectivity index (χ0n) is 14.5. The fraction of sp³-hybridized carbons (Fsp3) is 0.389. The number of nitrogens with zero attached hydrogens (tertiary/aromatic N) is 3. The molecule has 5 nitrogen and oxygen atoms in total. The van der Waals surface area contributed by atoms with Crippen LogP contribution in [-0.2, 0) is 11.0 Å². The maximum absolute atomic E-state index is 12.7. The van der Waals surface area contributed by atoms with Crippen molar-refractivity contribution < 1.29 is 18.0 Å². The van der Waals surface area contributed by atoms with Gasteiger partial charge in [-0.3, -0.25) is 4.79 Å². The fourth-order valence-corrected chi connectivity index (χ4v) is 3.48. The van der Waals surface area contributed by atoms with E-state index in [1.54, 1.807) is 0 Å². The van der Waals surface area contributed by atoms with E-state index < -0.39 is 17.6 Å². The third-order valence-electron chi connectivity index (χ3n) is 4.13. The molecule has 1 aliphatic heterocycles. The van der Waals surface area contributed by atoms with Crippen molar-refractivity contribution in [2.45, 2.75) is 30.5 Å². The molecule has 0 saturated carbocycles. The SMILES string of the molecule is O=C(CSc1cc(N2CCCCC2)ncn1)Nc1cccc(C(F)(F)F)c1. The first-order chi connectivity index (χ1) is 12.9. The van der Waals surface area contributed by atoms with Gasteiger partial charge in [0.15, 0.2) is 0 Å². The Balaban J connectivity index is 1.56. The molecule has 9 heteroatoms. The van der Waals surface area contributed by atoms with E-state index in [1.807, 2.05) is 6.07 Å². The van der Waals surface area contributed by atoms with Gasteiger partial charge in [0.2, 0.25) is 5.91 Å². The van der Waals surface area contributed by atoms with Crippen molar-refractivity contribution in [2.75, 3.05) is 29.1 Å². The summed E-state index contributed by atoms with van der Waals surface area (Å²) in [5.74, 6) is 0.495. The predicted molar refractivity (Wildman–Crippen MR) is 98.9 cm³/mol. The van der Waals surface area contributed by atoms with Gasteiger partial charge >= 0.3 is 6.18 Å². The van der Waals surface area contributed by atoms with Crippen LogP contribution in [0.25, 0.3) is 0 Å². The van der Waals surface area contributed by atoms with Crippen molar-refractivity contribution in [3.05, 3.63) is 42.2 Å². The van der Waals surface area contributed by atoms with E-state index in [9.17, 15) is 18.0 Å². The van der Waals surface area contributed by atoms with Crippen LogP contribution in [0.15, 0.2) is 41.7 Å². The second kappa shape index (κ2) is 8.60. The minimum atomic E-state index is -4.44. The lowest BCUT2D eigenvalue weighted by Gasteiger charge is -2.27. The number of nitrogens with one attached hydrogen (secondary N) is 1. The molecule has 2 heterocycles. The minimum absolute atomic E-state index is 0.0483. The van der Waals surface area contributed by atoms with Crippen LogP contribution in [0, 0.1) is 0 Å². The number of amides is 1. The quantitative estimate of drug-likeness (QED) is 0.606. The second-order valence-corrected chi connectivity index (χ2v) is 7.17. The Hall–Kier alpha value is -2.29. The Morgan fingerprint density at radius 1 is 1.15 bits per heavy atom. The number of aromatic nitrogens is 2. The molecule has 144 valence electrons. The van der Waals surface area contributed by atoms with E-state index >= 15 is 0 Å². The summed E-state index contributed by atoms with van der Waals surface area (Å²) in [4.78, 5) is 22.7. The van der Waals surface area contributed by atoms with Crippen molar-refractivity contribution in [2.24, 2.45) is 0 Å². The average Bonchev–Trinajstić information content (AvgIpc) is 2.67. The van der Waals surface area contributed by atoms with Gasteiger partial charge in [-0.15, -0.1) is 0 Å². The van der Waals surface area contributed by atoms with Crippen LogP contribution >= 0.6 is 11.8 Å². The summed E-state index contributed by atoms with van der Waals surface area (Å²) in [6.07, 6.45) is 0.509. The summed E-state index contributed by atoms with van der Waals surface area (Å²) in [6.45, 7) is 1.91. The summed E-state index contributed by atoms with van der Waals surface area (Å²) in [5.41, 5.74) is -0.679. The lowest BCUT2D eigenvalue weighted by atomic mass is 10.1. The Morgan fingerprint density at radius 3 is 2.67 bits per heavy atom. The third-order valence-corrected chi connectivity index (χ3v) is 5.06. The third kappa shape index (κ3) is 5.59. The van der Waals surface area contributed by atoms with Crippen LogP contribution in [0.3, 0.4) is 0 Å². The van der Waals surface area contributed by atoms with Gasteiger partial charge in [-0.25, -0.2) is 9.97 Å². The average molecular weight is 396 g/mol. The van der Waals surface area contributed by atoms with Gasteiger partial charge in [0, 0.05) is 24.8 Å². The molecule has 0 atom stereocenters. The highest BCUT2D eigenvalue weighted by molar-refractivity contribution is 7.99. The Morgan fingerprint density at radius 2 is 1.93 bits per heavy atom. The van der Waals surface area contributed by atoms with Gasteiger partial charge in [0.1, 0.15) is 17.2 Å². The van der Waals surface area contributed by atoms with Gasteiger partial charge in [-0.1, -0.05) is 17.8 Å². The predicted octanol–water partition coefficient (Wildman–Crippen LogP) is 4.22. The van der Waals surface area contributed by atoms with Crippen molar-refractivity contribution >= 4 is 29.2 Å². The zero-order chi connectivity index (χ0) is 19.3. The highest BCUT2D eigenvalue weighted by Crippen LogP contribution is 2.30. The van der Waals surface area contributed by atoms with Gasteiger partial charge in [-0.2, -0.15) is 13.2 Å². The molecular formula is C18H19F3N4OS. The number of carbonyl (C=O) groups excluding carboxylic acids is 1. The fourth-order valence-electron chi connectivity index (χ4n) is 2.81. The molecule has 1 aromatic heterocycles. The lowest BCUT2D eigenvalue weighted by molar-refractivity contribution is -0.137. The Labute approximate surface area is 159 Å². The largest absolute Gasteiger partial charge is 0.416 e. The van der Waals surface area contributed by atoms with E-state index in [0.717, 1.165) is 43.9 Å².